The van der Waals surface area contributed by atoms with Crippen molar-refractivity contribution in [3.05, 3.63) is 82.8 Å². The molecule has 3 rings (SSSR count). The van der Waals surface area contributed by atoms with Crippen molar-refractivity contribution in [2.24, 2.45) is 0 Å². The van der Waals surface area contributed by atoms with Gasteiger partial charge < -0.3 is 19.7 Å². The number of benzene rings is 3. The van der Waals surface area contributed by atoms with Gasteiger partial charge in [0.05, 0.1) is 24.8 Å². The number of likely N-dealkylation sites (N-methyl/N-ethyl adjacent to an activating group) is 1. The van der Waals surface area contributed by atoms with Crippen molar-refractivity contribution in [1.29, 1.82) is 0 Å². The molecule has 9 nitrogen and oxygen atoms in total. The second-order valence-electron chi connectivity index (χ2n) is 8.30. The number of nitrogens with one attached hydrogen (secondary N) is 1. The quantitative estimate of drug-likeness (QED) is 0.357. The predicted octanol–water partition coefficient (Wildman–Crippen LogP) is 3.82. The Kier molecular flexibility index (Phi) is 9.76. The fourth-order valence-electron chi connectivity index (χ4n) is 3.81. The molecular weight excluding hydrogens is 574 g/mol. The lowest BCUT2D eigenvalue weighted by molar-refractivity contribution is -0.139. The zero-order chi connectivity index (χ0) is 27.9. The first kappa shape index (κ1) is 29.0. The molecule has 0 saturated carbocycles. The minimum atomic E-state index is -4.23. The molecule has 11 heteroatoms. The first-order valence-electron chi connectivity index (χ1n) is 11.7. The summed E-state index contributed by atoms with van der Waals surface area (Å²) in [5, 5.41) is 2.56. The van der Waals surface area contributed by atoms with E-state index in [4.69, 9.17) is 9.47 Å². The maximum Gasteiger partial charge on any atom is 0.264 e. The zero-order valence-corrected chi connectivity index (χ0v) is 24.0. The number of halogens is 1. The van der Waals surface area contributed by atoms with Crippen LogP contribution in [-0.4, -0.2) is 59.0 Å². The van der Waals surface area contributed by atoms with E-state index in [0.717, 1.165) is 14.3 Å². The maximum atomic E-state index is 13.9. The van der Waals surface area contributed by atoms with Gasteiger partial charge in [0, 0.05) is 24.1 Å². The standard InChI is InChI=1S/C27H30BrN3O6S/c1-19(27(33)29-2)30(17-20-10-12-21(28)13-11-20)26(32)18-31(22-8-6-5-7-9-22)38(34,35)23-14-15-24(36-3)25(16-23)37-4/h5-16,19H,17-18H2,1-4H3,(H,29,33). The van der Waals surface area contributed by atoms with Crippen molar-refractivity contribution in [3.8, 4) is 11.5 Å². The summed E-state index contributed by atoms with van der Waals surface area (Å²) in [6.45, 7) is 1.18. The Hall–Kier alpha value is -3.57. The zero-order valence-electron chi connectivity index (χ0n) is 21.5. The van der Waals surface area contributed by atoms with E-state index in [-0.39, 0.29) is 23.1 Å². The van der Waals surface area contributed by atoms with E-state index in [1.165, 1.54) is 44.4 Å². The minimum Gasteiger partial charge on any atom is -0.493 e. The molecule has 0 fully saturated rings. The van der Waals surface area contributed by atoms with Crippen molar-refractivity contribution in [1.82, 2.24) is 10.2 Å². The molecule has 3 aromatic carbocycles. The molecule has 38 heavy (non-hydrogen) atoms. The number of sulfonamides is 1. The number of ether oxygens (including phenoxy) is 2. The molecule has 202 valence electrons. The molecule has 0 bridgehead atoms. The van der Waals surface area contributed by atoms with E-state index in [9.17, 15) is 18.0 Å². The SMILES string of the molecule is CNC(=O)C(C)N(Cc1ccc(Br)cc1)C(=O)CN(c1ccccc1)S(=O)(=O)c1ccc(OC)c(OC)c1. The van der Waals surface area contributed by atoms with Gasteiger partial charge in [-0.2, -0.15) is 0 Å². The molecule has 1 N–H and O–H groups in total. The van der Waals surface area contributed by atoms with Crippen LogP contribution in [0.4, 0.5) is 5.69 Å². The van der Waals surface area contributed by atoms with E-state index in [1.807, 2.05) is 24.3 Å². The normalized spacial score (nSPS) is 11.8. The van der Waals surface area contributed by atoms with Gasteiger partial charge in [0.1, 0.15) is 12.6 Å². The lowest BCUT2D eigenvalue weighted by Crippen LogP contribution is -2.50. The number of carbonyl (C=O) groups excluding carboxylic acids is 2. The smallest absolute Gasteiger partial charge is 0.264 e. The highest BCUT2D eigenvalue weighted by molar-refractivity contribution is 9.10. The molecule has 0 aromatic heterocycles. The van der Waals surface area contributed by atoms with E-state index >= 15 is 0 Å². The van der Waals surface area contributed by atoms with Crippen LogP contribution in [-0.2, 0) is 26.2 Å². The third-order valence-corrected chi connectivity index (χ3v) is 8.24. The molecule has 2 amide bonds. The molecule has 1 atom stereocenters. The summed E-state index contributed by atoms with van der Waals surface area (Å²) in [6.07, 6.45) is 0. The summed E-state index contributed by atoms with van der Waals surface area (Å²) in [5.74, 6) is -0.312. The van der Waals surface area contributed by atoms with Gasteiger partial charge in [-0.1, -0.05) is 46.3 Å². The minimum absolute atomic E-state index is 0.0781. The topological polar surface area (TPSA) is 105 Å². The van der Waals surface area contributed by atoms with Gasteiger partial charge in [0.15, 0.2) is 11.5 Å². The van der Waals surface area contributed by atoms with E-state index in [1.54, 1.807) is 37.3 Å². The lowest BCUT2D eigenvalue weighted by Gasteiger charge is -2.31. The number of hydrogen-bond acceptors (Lipinski definition) is 6. The summed E-state index contributed by atoms with van der Waals surface area (Å²) in [5.41, 5.74) is 1.08. The van der Waals surface area contributed by atoms with Crippen LogP contribution in [0.1, 0.15) is 12.5 Å². The van der Waals surface area contributed by atoms with Gasteiger partial charge in [0.2, 0.25) is 11.8 Å². The van der Waals surface area contributed by atoms with E-state index in [0.29, 0.717) is 11.4 Å². The van der Waals surface area contributed by atoms with Crippen molar-refractivity contribution < 1.29 is 27.5 Å². The molecular formula is C27H30BrN3O6S. The summed E-state index contributed by atoms with van der Waals surface area (Å²) in [6, 6.07) is 19.0. The lowest BCUT2D eigenvalue weighted by atomic mass is 10.1. The van der Waals surface area contributed by atoms with Crippen LogP contribution in [0.25, 0.3) is 0 Å². The third-order valence-electron chi connectivity index (χ3n) is 5.95. The number of hydrogen-bond donors (Lipinski definition) is 1. The van der Waals surface area contributed by atoms with Crippen molar-refractivity contribution in [3.63, 3.8) is 0 Å². The van der Waals surface area contributed by atoms with Crippen molar-refractivity contribution >= 4 is 43.5 Å². The molecule has 0 aliphatic heterocycles. The molecule has 3 aromatic rings. The number of anilines is 1. The Morgan fingerprint density at radius 3 is 2.16 bits per heavy atom. The molecule has 0 heterocycles. The van der Waals surface area contributed by atoms with Gasteiger partial charge in [0.25, 0.3) is 10.0 Å². The number of para-hydroxylation sites is 1. The highest BCUT2D eigenvalue weighted by atomic mass is 79.9. The molecule has 0 saturated heterocycles. The fraction of sp³-hybridized carbons (Fsp3) is 0.259. The Morgan fingerprint density at radius 2 is 1.58 bits per heavy atom. The largest absolute Gasteiger partial charge is 0.493 e. The summed E-state index contributed by atoms with van der Waals surface area (Å²) >= 11 is 3.39. The van der Waals surface area contributed by atoms with Crippen molar-refractivity contribution in [2.75, 3.05) is 32.1 Å². The van der Waals surface area contributed by atoms with Crippen LogP contribution in [0, 0.1) is 0 Å². The fourth-order valence-corrected chi connectivity index (χ4v) is 5.50. The van der Waals surface area contributed by atoms with Gasteiger partial charge >= 0.3 is 0 Å². The molecule has 0 aliphatic rings. The highest BCUT2D eigenvalue weighted by Crippen LogP contribution is 2.32. The number of amides is 2. The molecule has 1 unspecified atom stereocenters. The monoisotopic (exact) mass is 603 g/mol. The first-order chi connectivity index (χ1) is 18.1. The Bertz CT molecular complexity index is 1370. The number of methoxy groups -OCH3 is 2. The second kappa shape index (κ2) is 12.8. The van der Waals surface area contributed by atoms with Gasteiger partial charge in [-0.15, -0.1) is 0 Å². The summed E-state index contributed by atoms with van der Waals surface area (Å²) in [7, 11) is 0.121. The molecule has 0 spiro atoms. The number of rotatable bonds is 11. The van der Waals surface area contributed by atoms with Gasteiger partial charge in [-0.05, 0) is 48.9 Å². The first-order valence-corrected chi connectivity index (χ1v) is 13.9. The Balaban J connectivity index is 2.03. The van der Waals surface area contributed by atoms with E-state index in [2.05, 4.69) is 21.2 Å². The van der Waals surface area contributed by atoms with Gasteiger partial charge in [-0.25, -0.2) is 8.42 Å². The molecule has 0 aliphatic carbocycles. The third kappa shape index (κ3) is 6.65. The predicted molar refractivity (Wildman–Crippen MR) is 149 cm³/mol. The average molecular weight is 605 g/mol. The van der Waals surface area contributed by atoms with E-state index < -0.39 is 28.5 Å². The van der Waals surface area contributed by atoms with Crippen molar-refractivity contribution in [2.45, 2.75) is 24.4 Å². The van der Waals surface area contributed by atoms with Crippen LogP contribution >= 0.6 is 15.9 Å². The van der Waals surface area contributed by atoms with Crippen LogP contribution in [0.5, 0.6) is 11.5 Å². The average Bonchev–Trinajstić information content (AvgIpc) is 2.94. The summed E-state index contributed by atoms with van der Waals surface area (Å²) in [4.78, 5) is 27.6. The van der Waals surface area contributed by atoms with Crippen LogP contribution < -0.4 is 19.1 Å². The second-order valence-corrected chi connectivity index (χ2v) is 11.1. The number of carbonyl (C=O) groups is 2. The van der Waals surface area contributed by atoms with Crippen LogP contribution in [0.2, 0.25) is 0 Å². The maximum absolute atomic E-state index is 13.9. The van der Waals surface area contributed by atoms with Gasteiger partial charge in [-0.3, -0.25) is 13.9 Å². The van der Waals surface area contributed by atoms with Crippen LogP contribution in [0.15, 0.2) is 82.2 Å². The summed E-state index contributed by atoms with van der Waals surface area (Å²) < 4.78 is 40.2. The Labute approximate surface area is 231 Å². The highest BCUT2D eigenvalue weighted by Gasteiger charge is 2.32. The van der Waals surface area contributed by atoms with Crippen LogP contribution in [0.3, 0.4) is 0 Å². The Morgan fingerprint density at radius 1 is 0.947 bits per heavy atom. The number of nitrogens with zero attached hydrogens (tertiary/aromatic N) is 2. The molecule has 0 radical (unpaired) electrons.